The lowest BCUT2D eigenvalue weighted by molar-refractivity contribution is 0.0939. The number of rotatable bonds is 4. The predicted octanol–water partition coefficient (Wildman–Crippen LogP) is 4.15. The molecule has 37 heavy (non-hydrogen) atoms. The molecule has 3 aliphatic rings. The van der Waals surface area contributed by atoms with Gasteiger partial charge in [-0.2, -0.15) is 5.10 Å². The largest absolute Gasteiger partial charge is 0.343 e. The average Bonchev–Trinajstić information content (AvgIpc) is 3.44. The van der Waals surface area contributed by atoms with Crippen LogP contribution in [-0.4, -0.2) is 51.6 Å². The van der Waals surface area contributed by atoms with Crippen molar-refractivity contribution in [1.82, 2.24) is 25.0 Å². The summed E-state index contributed by atoms with van der Waals surface area (Å²) in [5.41, 5.74) is 6.53. The highest BCUT2D eigenvalue weighted by molar-refractivity contribution is 6.05. The number of piperidine rings is 1. The van der Waals surface area contributed by atoms with E-state index in [1.807, 2.05) is 42.9 Å². The lowest BCUT2D eigenvalue weighted by Gasteiger charge is -2.28. The summed E-state index contributed by atoms with van der Waals surface area (Å²) >= 11 is 0. The maximum absolute atomic E-state index is 13.2. The van der Waals surface area contributed by atoms with Crippen LogP contribution in [0.5, 0.6) is 0 Å². The standard InChI is InChI=1S/C29H32N6O2/c1-29(2)25-14-18(7-8-23(25)28(37)33-29)22-5-4-6-26-24(22)13-19(15-30-26)27(36)32-20-16-31-35(17-20)21-9-11-34(3)12-10-21/h5,7-8,13-17,21H,4,6,9-12H2,1-3H3,(H,32,36)(H,33,37). The molecular formula is C29H32N6O2. The highest BCUT2D eigenvalue weighted by Gasteiger charge is 2.35. The molecule has 2 aromatic heterocycles. The minimum absolute atomic E-state index is 0.0376. The lowest BCUT2D eigenvalue weighted by Crippen LogP contribution is -2.32. The van der Waals surface area contributed by atoms with Crippen molar-refractivity contribution < 1.29 is 9.59 Å². The topological polar surface area (TPSA) is 92.1 Å². The number of nitrogens with one attached hydrogen (secondary N) is 2. The normalized spacial score (nSPS) is 19.1. The van der Waals surface area contributed by atoms with Crippen molar-refractivity contribution in [2.45, 2.75) is 51.1 Å². The zero-order valence-electron chi connectivity index (χ0n) is 21.5. The van der Waals surface area contributed by atoms with Crippen LogP contribution in [0.1, 0.15) is 82.3 Å². The molecule has 1 aliphatic carbocycles. The van der Waals surface area contributed by atoms with E-state index in [1.54, 1.807) is 12.4 Å². The van der Waals surface area contributed by atoms with E-state index in [-0.39, 0.29) is 11.8 Å². The number of aromatic nitrogens is 3. The monoisotopic (exact) mass is 496 g/mol. The van der Waals surface area contributed by atoms with Gasteiger partial charge in [0.1, 0.15) is 0 Å². The minimum Gasteiger partial charge on any atom is -0.343 e. The molecule has 0 radical (unpaired) electrons. The first kappa shape index (κ1) is 23.6. The van der Waals surface area contributed by atoms with Crippen molar-refractivity contribution >= 4 is 23.1 Å². The van der Waals surface area contributed by atoms with Crippen molar-refractivity contribution in [1.29, 1.82) is 0 Å². The first-order valence-corrected chi connectivity index (χ1v) is 13.0. The summed E-state index contributed by atoms with van der Waals surface area (Å²) in [5.74, 6) is -0.239. The SMILES string of the molecule is CN1CCC(n2cc(NC(=O)c3cnc4c(c3)C(c3ccc5c(c3)C(C)(C)NC5=O)=CCC4)cn2)CC1. The molecule has 2 N–H and O–H groups in total. The number of nitrogens with zero attached hydrogens (tertiary/aromatic N) is 4. The van der Waals surface area contributed by atoms with Gasteiger partial charge in [-0.05, 0) is 94.6 Å². The van der Waals surface area contributed by atoms with Gasteiger partial charge in [-0.25, -0.2) is 0 Å². The van der Waals surface area contributed by atoms with Crippen LogP contribution in [0.3, 0.4) is 0 Å². The van der Waals surface area contributed by atoms with E-state index in [4.69, 9.17) is 0 Å². The molecule has 6 rings (SSSR count). The van der Waals surface area contributed by atoms with E-state index in [0.717, 1.165) is 72.3 Å². The van der Waals surface area contributed by atoms with Gasteiger partial charge in [0, 0.05) is 29.2 Å². The van der Waals surface area contributed by atoms with Crippen LogP contribution in [0.2, 0.25) is 0 Å². The molecule has 8 heteroatoms. The number of benzene rings is 1. The first-order valence-electron chi connectivity index (χ1n) is 13.0. The van der Waals surface area contributed by atoms with Gasteiger partial charge in [-0.15, -0.1) is 0 Å². The molecule has 1 fully saturated rings. The molecule has 2 amide bonds. The summed E-state index contributed by atoms with van der Waals surface area (Å²) in [6, 6.07) is 8.29. The summed E-state index contributed by atoms with van der Waals surface area (Å²) in [4.78, 5) is 32.5. The van der Waals surface area contributed by atoms with Gasteiger partial charge in [-0.1, -0.05) is 12.1 Å². The van der Waals surface area contributed by atoms with Crippen LogP contribution >= 0.6 is 0 Å². The van der Waals surface area contributed by atoms with Crippen LogP contribution in [0.15, 0.2) is 48.9 Å². The Balaban J connectivity index is 1.24. The van der Waals surface area contributed by atoms with Crippen LogP contribution in [0, 0.1) is 0 Å². The molecule has 1 saturated heterocycles. The summed E-state index contributed by atoms with van der Waals surface area (Å²) in [5, 5.41) is 10.6. The number of carbonyl (C=O) groups is 2. The van der Waals surface area contributed by atoms with Gasteiger partial charge in [0.05, 0.1) is 29.0 Å². The second-order valence-corrected chi connectivity index (χ2v) is 10.9. The third-order valence-corrected chi connectivity index (χ3v) is 7.85. The molecule has 190 valence electrons. The molecule has 0 spiro atoms. The number of anilines is 1. The van der Waals surface area contributed by atoms with Crippen molar-refractivity contribution in [3.8, 4) is 0 Å². The number of allylic oxidation sites excluding steroid dienone is 1. The van der Waals surface area contributed by atoms with E-state index in [9.17, 15) is 9.59 Å². The molecule has 0 atom stereocenters. The predicted molar refractivity (Wildman–Crippen MR) is 143 cm³/mol. The number of hydrogen-bond acceptors (Lipinski definition) is 5. The Kier molecular flexibility index (Phi) is 5.71. The quantitative estimate of drug-likeness (QED) is 0.566. The number of hydrogen-bond donors (Lipinski definition) is 2. The number of aryl methyl sites for hydroxylation is 1. The highest BCUT2D eigenvalue weighted by Crippen LogP contribution is 2.37. The van der Waals surface area contributed by atoms with Gasteiger partial charge in [-0.3, -0.25) is 19.3 Å². The fraction of sp³-hybridized carbons (Fsp3) is 0.379. The summed E-state index contributed by atoms with van der Waals surface area (Å²) in [6.07, 6.45) is 11.3. The average molecular weight is 497 g/mol. The summed E-state index contributed by atoms with van der Waals surface area (Å²) in [7, 11) is 2.14. The second kappa shape index (κ2) is 8.95. The van der Waals surface area contributed by atoms with Crippen LogP contribution in [-0.2, 0) is 12.0 Å². The van der Waals surface area contributed by atoms with E-state index < -0.39 is 5.54 Å². The Morgan fingerprint density at radius 3 is 2.76 bits per heavy atom. The molecule has 0 bridgehead atoms. The summed E-state index contributed by atoms with van der Waals surface area (Å²) < 4.78 is 1.98. The molecule has 0 saturated carbocycles. The third kappa shape index (κ3) is 4.35. The molecule has 1 aromatic carbocycles. The van der Waals surface area contributed by atoms with Gasteiger partial charge in [0.15, 0.2) is 0 Å². The Morgan fingerprint density at radius 1 is 1.14 bits per heavy atom. The van der Waals surface area contributed by atoms with Gasteiger partial charge < -0.3 is 15.5 Å². The Bertz CT molecular complexity index is 1430. The molecule has 3 aromatic rings. The molecule has 8 nitrogen and oxygen atoms in total. The molecular weight excluding hydrogens is 464 g/mol. The fourth-order valence-electron chi connectivity index (χ4n) is 5.70. The van der Waals surface area contributed by atoms with E-state index in [0.29, 0.717) is 17.3 Å². The van der Waals surface area contributed by atoms with Crippen molar-refractivity contribution in [3.63, 3.8) is 0 Å². The highest BCUT2D eigenvalue weighted by atomic mass is 16.2. The maximum Gasteiger partial charge on any atom is 0.257 e. The maximum atomic E-state index is 13.2. The second-order valence-electron chi connectivity index (χ2n) is 10.9. The fourth-order valence-corrected chi connectivity index (χ4v) is 5.70. The van der Waals surface area contributed by atoms with Crippen molar-refractivity contribution in [2.24, 2.45) is 0 Å². The van der Waals surface area contributed by atoms with Crippen LogP contribution < -0.4 is 10.6 Å². The lowest BCUT2D eigenvalue weighted by atomic mass is 9.85. The number of likely N-dealkylation sites (tertiary alicyclic amines) is 1. The van der Waals surface area contributed by atoms with Gasteiger partial charge in [0.2, 0.25) is 0 Å². The number of carbonyl (C=O) groups excluding carboxylic acids is 2. The Labute approximate surface area is 216 Å². The van der Waals surface area contributed by atoms with Crippen molar-refractivity contribution in [3.05, 3.63) is 82.4 Å². The minimum atomic E-state index is -0.418. The van der Waals surface area contributed by atoms with Gasteiger partial charge >= 0.3 is 0 Å². The van der Waals surface area contributed by atoms with E-state index >= 15 is 0 Å². The number of fused-ring (bicyclic) bond motifs is 2. The Hall–Kier alpha value is -3.78. The van der Waals surface area contributed by atoms with Gasteiger partial charge in [0.25, 0.3) is 11.8 Å². The molecule has 4 heterocycles. The Morgan fingerprint density at radius 2 is 1.95 bits per heavy atom. The molecule has 0 unspecified atom stereocenters. The van der Waals surface area contributed by atoms with Crippen LogP contribution in [0.4, 0.5) is 5.69 Å². The van der Waals surface area contributed by atoms with E-state index in [1.165, 1.54) is 0 Å². The number of amides is 2. The van der Waals surface area contributed by atoms with Crippen LogP contribution in [0.25, 0.3) is 5.57 Å². The number of pyridine rings is 1. The zero-order valence-corrected chi connectivity index (χ0v) is 21.5. The third-order valence-electron chi connectivity index (χ3n) is 7.85. The first-order chi connectivity index (χ1) is 17.8. The summed E-state index contributed by atoms with van der Waals surface area (Å²) in [6.45, 7) is 6.14. The van der Waals surface area contributed by atoms with E-state index in [2.05, 4.69) is 44.8 Å². The zero-order chi connectivity index (χ0) is 25.7. The molecule has 2 aliphatic heterocycles. The van der Waals surface area contributed by atoms with Crippen molar-refractivity contribution in [2.75, 3.05) is 25.5 Å². The smallest absolute Gasteiger partial charge is 0.257 e.